The zero-order valence-electron chi connectivity index (χ0n) is 9.98. The Morgan fingerprint density at radius 3 is 3.00 bits per heavy atom. The third kappa shape index (κ3) is 3.05. The van der Waals surface area contributed by atoms with Crippen LogP contribution < -0.4 is 11.1 Å². The Morgan fingerprint density at radius 1 is 1.53 bits per heavy atom. The van der Waals surface area contributed by atoms with Gasteiger partial charge in [0.1, 0.15) is 0 Å². The number of carbonyl (C=O) groups excluding carboxylic acids is 1. The van der Waals surface area contributed by atoms with Crippen LogP contribution >= 0.6 is 0 Å². The summed E-state index contributed by atoms with van der Waals surface area (Å²) in [7, 11) is 0. The molecule has 1 saturated heterocycles. The van der Waals surface area contributed by atoms with Crippen molar-refractivity contribution in [3.63, 3.8) is 0 Å². The van der Waals surface area contributed by atoms with Crippen molar-refractivity contribution < 1.29 is 9.53 Å². The summed E-state index contributed by atoms with van der Waals surface area (Å²) >= 11 is 0. The van der Waals surface area contributed by atoms with Crippen LogP contribution in [0.15, 0.2) is 24.3 Å². The van der Waals surface area contributed by atoms with Crippen molar-refractivity contribution in [2.45, 2.75) is 19.5 Å². The molecular weight excluding hydrogens is 216 g/mol. The number of amides is 1. The summed E-state index contributed by atoms with van der Waals surface area (Å²) in [6, 6.07) is 7.91. The van der Waals surface area contributed by atoms with E-state index >= 15 is 0 Å². The summed E-state index contributed by atoms with van der Waals surface area (Å²) in [5, 5.41) is 2.90. The molecule has 1 amide bonds. The molecule has 0 bridgehead atoms. The normalized spacial score (nSPS) is 23.6. The molecule has 1 fully saturated rings. The van der Waals surface area contributed by atoms with Crippen LogP contribution in [0.25, 0.3) is 0 Å². The quantitative estimate of drug-likeness (QED) is 0.804. The van der Waals surface area contributed by atoms with Crippen LogP contribution in [0.1, 0.15) is 11.1 Å². The fraction of sp³-hybridized carbons (Fsp3) is 0.462. The van der Waals surface area contributed by atoms with Crippen molar-refractivity contribution in [2.75, 3.05) is 13.2 Å². The minimum absolute atomic E-state index is 0.0171. The smallest absolute Gasteiger partial charge is 0.227 e. The van der Waals surface area contributed by atoms with Gasteiger partial charge < -0.3 is 15.8 Å². The van der Waals surface area contributed by atoms with E-state index < -0.39 is 0 Å². The molecule has 17 heavy (non-hydrogen) atoms. The summed E-state index contributed by atoms with van der Waals surface area (Å²) in [5.41, 5.74) is 8.08. The third-order valence-corrected chi connectivity index (χ3v) is 3.01. The van der Waals surface area contributed by atoms with Crippen LogP contribution in [-0.4, -0.2) is 25.2 Å². The number of ether oxygens (including phenoxy) is 1. The highest BCUT2D eigenvalue weighted by molar-refractivity contribution is 5.79. The number of rotatable bonds is 3. The van der Waals surface area contributed by atoms with Gasteiger partial charge in [0.15, 0.2) is 0 Å². The SMILES string of the molecule is Cc1cccc(CNC(=O)C2COCC2N)c1. The van der Waals surface area contributed by atoms with Crippen LogP contribution in [0.4, 0.5) is 0 Å². The van der Waals surface area contributed by atoms with Crippen molar-refractivity contribution in [3.8, 4) is 0 Å². The molecule has 4 nitrogen and oxygen atoms in total. The topological polar surface area (TPSA) is 64.3 Å². The molecule has 0 radical (unpaired) electrons. The first kappa shape index (κ1) is 12.1. The van der Waals surface area contributed by atoms with Crippen molar-refractivity contribution in [1.82, 2.24) is 5.32 Å². The first-order chi connectivity index (χ1) is 8.16. The summed E-state index contributed by atoms with van der Waals surface area (Å²) in [4.78, 5) is 11.8. The van der Waals surface area contributed by atoms with Crippen LogP contribution in [0, 0.1) is 12.8 Å². The molecule has 0 spiro atoms. The van der Waals surface area contributed by atoms with Gasteiger partial charge in [-0.05, 0) is 12.5 Å². The minimum Gasteiger partial charge on any atom is -0.379 e. The highest BCUT2D eigenvalue weighted by atomic mass is 16.5. The van der Waals surface area contributed by atoms with Gasteiger partial charge in [-0.3, -0.25) is 4.79 Å². The Kier molecular flexibility index (Phi) is 3.76. The molecule has 2 atom stereocenters. The van der Waals surface area contributed by atoms with E-state index in [0.29, 0.717) is 19.8 Å². The van der Waals surface area contributed by atoms with Crippen LogP contribution in [0.3, 0.4) is 0 Å². The van der Waals surface area contributed by atoms with Gasteiger partial charge in [0, 0.05) is 12.6 Å². The number of carbonyl (C=O) groups is 1. The number of benzene rings is 1. The molecule has 1 aromatic carbocycles. The molecule has 0 saturated carbocycles. The molecule has 4 heteroatoms. The molecule has 1 aromatic rings. The van der Waals surface area contributed by atoms with E-state index in [1.54, 1.807) is 0 Å². The van der Waals surface area contributed by atoms with Gasteiger partial charge in [-0.25, -0.2) is 0 Å². The second-order valence-electron chi connectivity index (χ2n) is 4.51. The number of hydrogen-bond donors (Lipinski definition) is 2. The van der Waals surface area contributed by atoms with Crippen LogP contribution in [0.5, 0.6) is 0 Å². The van der Waals surface area contributed by atoms with E-state index in [1.807, 2.05) is 25.1 Å². The van der Waals surface area contributed by atoms with Gasteiger partial charge >= 0.3 is 0 Å². The average molecular weight is 234 g/mol. The second-order valence-corrected chi connectivity index (χ2v) is 4.51. The summed E-state index contributed by atoms with van der Waals surface area (Å²) in [5.74, 6) is -0.226. The van der Waals surface area contributed by atoms with Gasteiger partial charge in [0.05, 0.1) is 19.1 Å². The Balaban J connectivity index is 1.88. The van der Waals surface area contributed by atoms with E-state index in [9.17, 15) is 4.79 Å². The van der Waals surface area contributed by atoms with Crippen molar-refractivity contribution in [3.05, 3.63) is 35.4 Å². The Labute approximate surface area is 101 Å². The van der Waals surface area contributed by atoms with E-state index in [4.69, 9.17) is 10.5 Å². The lowest BCUT2D eigenvalue weighted by atomic mass is 10.0. The lowest BCUT2D eigenvalue weighted by Gasteiger charge is -2.13. The number of hydrogen-bond acceptors (Lipinski definition) is 3. The number of aryl methyl sites for hydroxylation is 1. The zero-order chi connectivity index (χ0) is 12.3. The molecular formula is C13H18N2O2. The van der Waals surface area contributed by atoms with Gasteiger partial charge in [-0.2, -0.15) is 0 Å². The molecule has 2 rings (SSSR count). The Morgan fingerprint density at radius 2 is 2.35 bits per heavy atom. The number of nitrogens with one attached hydrogen (secondary N) is 1. The molecule has 2 unspecified atom stereocenters. The first-order valence-electron chi connectivity index (χ1n) is 5.83. The Hall–Kier alpha value is -1.39. The van der Waals surface area contributed by atoms with E-state index in [-0.39, 0.29) is 17.9 Å². The Bertz CT molecular complexity index is 406. The highest BCUT2D eigenvalue weighted by Crippen LogP contribution is 2.12. The maximum absolute atomic E-state index is 11.8. The van der Waals surface area contributed by atoms with E-state index in [0.717, 1.165) is 5.56 Å². The van der Waals surface area contributed by atoms with E-state index in [1.165, 1.54) is 5.56 Å². The minimum atomic E-state index is -0.209. The lowest BCUT2D eigenvalue weighted by molar-refractivity contribution is -0.125. The maximum atomic E-state index is 11.8. The van der Waals surface area contributed by atoms with Crippen molar-refractivity contribution in [1.29, 1.82) is 0 Å². The summed E-state index contributed by atoms with van der Waals surface area (Å²) in [6.07, 6.45) is 0. The fourth-order valence-corrected chi connectivity index (χ4v) is 1.98. The van der Waals surface area contributed by atoms with Crippen molar-refractivity contribution >= 4 is 5.91 Å². The molecule has 1 aliphatic heterocycles. The zero-order valence-corrected chi connectivity index (χ0v) is 9.98. The summed E-state index contributed by atoms with van der Waals surface area (Å²) in [6.45, 7) is 3.49. The monoisotopic (exact) mass is 234 g/mol. The van der Waals surface area contributed by atoms with Gasteiger partial charge in [-0.15, -0.1) is 0 Å². The van der Waals surface area contributed by atoms with Crippen molar-refractivity contribution in [2.24, 2.45) is 11.7 Å². The molecule has 0 aliphatic carbocycles. The molecule has 1 aliphatic rings. The van der Waals surface area contributed by atoms with Crippen LogP contribution in [-0.2, 0) is 16.1 Å². The predicted molar refractivity (Wildman–Crippen MR) is 65.3 cm³/mol. The largest absolute Gasteiger partial charge is 0.379 e. The molecule has 3 N–H and O–H groups in total. The predicted octanol–water partition coefficient (Wildman–Crippen LogP) is 0.585. The molecule has 1 heterocycles. The van der Waals surface area contributed by atoms with E-state index in [2.05, 4.69) is 11.4 Å². The maximum Gasteiger partial charge on any atom is 0.227 e. The third-order valence-electron chi connectivity index (χ3n) is 3.01. The molecule has 92 valence electrons. The lowest BCUT2D eigenvalue weighted by Crippen LogP contribution is -2.40. The van der Waals surface area contributed by atoms with Gasteiger partial charge in [-0.1, -0.05) is 29.8 Å². The fourth-order valence-electron chi connectivity index (χ4n) is 1.98. The molecule has 0 aromatic heterocycles. The highest BCUT2D eigenvalue weighted by Gasteiger charge is 2.30. The van der Waals surface area contributed by atoms with Gasteiger partial charge in [0.25, 0.3) is 0 Å². The second kappa shape index (κ2) is 5.29. The summed E-state index contributed by atoms with van der Waals surface area (Å²) < 4.78 is 5.18. The number of nitrogens with two attached hydrogens (primary N) is 1. The van der Waals surface area contributed by atoms with Crippen LogP contribution in [0.2, 0.25) is 0 Å². The standard InChI is InChI=1S/C13H18N2O2/c1-9-3-2-4-10(5-9)6-15-13(16)11-7-17-8-12(11)14/h2-5,11-12H,6-8,14H2,1H3,(H,15,16). The first-order valence-corrected chi connectivity index (χ1v) is 5.83. The average Bonchev–Trinajstić information content (AvgIpc) is 2.72. The van der Waals surface area contributed by atoms with Gasteiger partial charge in [0.2, 0.25) is 5.91 Å².